The van der Waals surface area contributed by atoms with Crippen LogP contribution in [0.25, 0.3) is 0 Å². The molecule has 0 bridgehead atoms. The molecule has 0 unspecified atom stereocenters. The number of aliphatic hydroxyl groups is 1. The van der Waals surface area contributed by atoms with Gasteiger partial charge in [-0.05, 0) is 43.7 Å². The quantitative estimate of drug-likeness (QED) is 0.893. The van der Waals surface area contributed by atoms with Crippen molar-refractivity contribution in [2.45, 2.75) is 26.0 Å². The van der Waals surface area contributed by atoms with Crippen molar-refractivity contribution in [3.05, 3.63) is 51.7 Å². The fraction of sp³-hybridized carbons (Fsp3) is 0.312. The second kappa shape index (κ2) is 6.74. The molecule has 0 aliphatic heterocycles. The minimum absolute atomic E-state index is 0.128. The number of hydrogen-bond donors (Lipinski definition) is 2. The largest absolute Gasteiger partial charge is 0.497 e. The highest BCUT2D eigenvalue weighted by Crippen LogP contribution is 2.24. The molecular formula is C16H19NO3S. The van der Waals surface area contributed by atoms with E-state index in [0.29, 0.717) is 11.3 Å². The van der Waals surface area contributed by atoms with E-state index in [1.807, 2.05) is 26.0 Å². The molecule has 1 aromatic carbocycles. The van der Waals surface area contributed by atoms with Gasteiger partial charge in [0.2, 0.25) is 0 Å². The molecule has 4 nitrogen and oxygen atoms in total. The summed E-state index contributed by atoms with van der Waals surface area (Å²) in [4.78, 5) is 14.4. The lowest BCUT2D eigenvalue weighted by Crippen LogP contribution is -2.31. The van der Waals surface area contributed by atoms with E-state index in [-0.39, 0.29) is 6.04 Å². The maximum Gasteiger partial charge on any atom is 0.253 e. The van der Waals surface area contributed by atoms with Gasteiger partial charge in [0.15, 0.2) is 6.10 Å². The predicted molar refractivity (Wildman–Crippen MR) is 83.6 cm³/mol. The van der Waals surface area contributed by atoms with E-state index < -0.39 is 12.0 Å². The predicted octanol–water partition coefficient (Wildman–Crippen LogP) is 2.98. The van der Waals surface area contributed by atoms with E-state index in [1.165, 1.54) is 4.88 Å². The van der Waals surface area contributed by atoms with Crippen LogP contribution in [0.4, 0.5) is 0 Å². The molecular weight excluding hydrogens is 286 g/mol. The summed E-state index contributed by atoms with van der Waals surface area (Å²) in [6.45, 7) is 3.93. The summed E-state index contributed by atoms with van der Waals surface area (Å²) in [5, 5.41) is 13.0. The molecule has 112 valence electrons. The first-order chi connectivity index (χ1) is 10.0. The van der Waals surface area contributed by atoms with Crippen molar-refractivity contribution in [3.8, 4) is 5.75 Å². The van der Waals surface area contributed by atoms with Gasteiger partial charge in [0.1, 0.15) is 5.75 Å². The number of aliphatic hydroxyl groups excluding tert-OH is 1. The minimum atomic E-state index is -1.20. The van der Waals surface area contributed by atoms with Gasteiger partial charge >= 0.3 is 0 Å². The maximum absolute atomic E-state index is 12.1. The first kappa shape index (κ1) is 15.5. The van der Waals surface area contributed by atoms with E-state index in [4.69, 9.17) is 4.74 Å². The van der Waals surface area contributed by atoms with Crippen LogP contribution in [0.2, 0.25) is 0 Å². The van der Waals surface area contributed by atoms with Crippen molar-refractivity contribution in [1.29, 1.82) is 0 Å². The number of benzene rings is 1. The number of carbonyl (C=O) groups excluding carboxylic acids is 1. The fourth-order valence-electron chi connectivity index (χ4n) is 2.01. The van der Waals surface area contributed by atoms with Gasteiger partial charge in [0.05, 0.1) is 13.2 Å². The molecule has 2 N–H and O–H groups in total. The van der Waals surface area contributed by atoms with Crippen LogP contribution in [0.3, 0.4) is 0 Å². The number of rotatable bonds is 5. The Morgan fingerprint density at radius 1 is 1.33 bits per heavy atom. The van der Waals surface area contributed by atoms with Gasteiger partial charge in [-0.3, -0.25) is 4.79 Å². The first-order valence-corrected chi connectivity index (χ1v) is 7.51. The Balaban J connectivity index is 2.05. The van der Waals surface area contributed by atoms with E-state index in [2.05, 4.69) is 5.32 Å². The normalized spacial score (nSPS) is 13.5. The monoisotopic (exact) mass is 305 g/mol. The molecule has 5 heteroatoms. The lowest BCUT2D eigenvalue weighted by atomic mass is 10.1. The Morgan fingerprint density at radius 3 is 2.71 bits per heavy atom. The molecule has 0 saturated heterocycles. The molecule has 0 aliphatic carbocycles. The number of aryl methyl sites for hydroxylation is 1. The molecule has 0 radical (unpaired) electrons. The fourth-order valence-corrected chi connectivity index (χ4v) is 2.89. The van der Waals surface area contributed by atoms with Gasteiger partial charge in [-0.15, -0.1) is 11.3 Å². The highest BCUT2D eigenvalue weighted by Gasteiger charge is 2.20. The van der Waals surface area contributed by atoms with Crippen molar-refractivity contribution in [3.63, 3.8) is 0 Å². The first-order valence-electron chi connectivity index (χ1n) is 6.70. The summed E-state index contributed by atoms with van der Waals surface area (Å²) < 4.78 is 5.10. The van der Waals surface area contributed by atoms with Crippen molar-refractivity contribution in [1.82, 2.24) is 5.32 Å². The van der Waals surface area contributed by atoms with Crippen LogP contribution in [-0.4, -0.2) is 18.1 Å². The highest BCUT2D eigenvalue weighted by atomic mass is 32.1. The van der Waals surface area contributed by atoms with Crippen LogP contribution >= 0.6 is 11.3 Å². The summed E-state index contributed by atoms with van der Waals surface area (Å²) in [5.74, 6) is 0.197. The average Bonchev–Trinajstić information content (AvgIpc) is 2.93. The SMILES string of the molecule is COc1cccc([C@@H](O)C(=O)N[C@H](C)c2ccc(C)s2)c1. The Labute approximate surface area is 128 Å². The Kier molecular flexibility index (Phi) is 4.98. The van der Waals surface area contributed by atoms with Gasteiger partial charge < -0.3 is 15.2 Å². The smallest absolute Gasteiger partial charge is 0.253 e. The number of carbonyl (C=O) groups is 1. The van der Waals surface area contributed by atoms with Gasteiger partial charge in [-0.1, -0.05) is 12.1 Å². The molecule has 0 saturated carbocycles. The van der Waals surface area contributed by atoms with Crippen molar-refractivity contribution in [2.75, 3.05) is 7.11 Å². The molecule has 1 heterocycles. The lowest BCUT2D eigenvalue weighted by Gasteiger charge is -2.16. The minimum Gasteiger partial charge on any atom is -0.497 e. The molecule has 2 atom stereocenters. The zero-order valence-corrected chi connectivity index (χ0v) is 13.1. The highest BCUT2D eigenvalue weighted by molar-refractivity contribution is 7.12. The Hall–Kier alpha value is -1.85. The van der Waals surface area contributed by atoms with Crippen LogP contribution < -0.4 is 10.1 Å². The zero-order chi connectivity index (χ0) is 15.4. The van der Waals surface area contributed by atoms with Crippen LogP contribution in [0, 0.1) is 6.92 Å². The summed E-state index contributed by atoms with van der Waals surface area (Å²) in [6, 6.07) is 10.7. The molecule has 0 aliphatic rings. The number of hydrogen-bond acceptors (Lipinski definition) is 4. The topological polar surface area (TPSA) is 58.6 Å². The van der Waals surface area contributed by atoms with Crippen molar-refractivity contribution < 1.29 is 14.6 Å². The van der Waals surface area contributed by atoms with Crippen molar-refractivity contribution >= 4 is 17.2 Å². The van der Waals surface area contributed by atoms with E-state index in [0.717, 1.165) is 4.88 Å². The van der Waals surface area contributed by atoms with Gasteiger partial charge in [0.25, 0.3) is 5.91 Å². The number of methoxy groups -OCH3 is 1. The third-order valence-corrected chi connectivity index (χ3v) is 4.39. The second-order valence-electron chi connectivity index (χ2n) is 4.86. The van der Waals surface area contributed by atoms with E-state index in [1.54, 1.807) is 42.7 Å². The lowest BCUT2D eigenvalue weighted by molar-refractivity contribution is -0.130. The molecule has 2 aromatic rings. The molecule has 2 rings (SSSR count). The third-order valence-electron chi connectivity index (χ3n) is 3.20. The van der Waals surface area contributed by atoms with Crippen LogP contribution in [0.15, 0.2) is 36.4 Å². The maximum atomic E-state index is 12.1. The summed E-state index contributed by atoms with van der Waals surface area (Å²) >= 11 is 1.64. The number of amides is 1. The number of nitrogens with one attached hydrogen (secondary N) is 1. The summed E-state index contributed by atoms with van der Waals surface area (Å²) in [6.07, 6.45) is -1.20. The van der Waals surface area contributed by atoms with Crippen molar-refractivity contribution in [2.24, 2.45) is 0 Å². The van der Waals surface area contributed by atoms with E-state index >= 15 is 0 Å². The van der Waals surface area contributed by atoms with Crippen LogP contribution in [-0.2, 0) is 4.79 Å². The molecule has 0 fully saturated rings. The molecule has 1 amide bonds. The zero-order valence-electron chi connectivity index (χ0n) is 12.3. The molecule has 21 heavy (non-hydrogen) atoms. The second-order valence-corrected chi connectivity index (χ2v) is 6.18. The summed E-state index contributed by atoms with van der Waals surface area (Å²) in [5.41, 5.74) is 0.515. The van der Waals surface area contributed by atoms with E-state index in [9.17, 15) is 9.90 Å². The Morgan fingerprint density at radius 2 is 2.10 bits per heavy atom. The van der Waals surface area contributed by atoms with Crippen LogP contribution in [0.5, 0.6) is 5.75 Å². The van der Waals surface area contributed by atoms with Gasteiger partial charge in [-0.25, -0.2) is 0 Å². The number of ether oxygens (including phenoxy) is 1. The third kappa shape index (κ3) is 3.83. The summed E-state index contributed by atoms with van der Waals surface area (Å²) in [7, 11) is 1.55. The Bertz CT molecular complexity index is 623. The average molecular weight is 305 g/mol. The standard InChI is InChI=1S/C16H19NO3S/c1-10-7-8-14(21-10)11(2)17-16(19)15(18)12-5-4-6-13(9-12)20-3/h4-9,11,15,18H,1-3H3,(H,17,19)/t11-,15-/m1/s1. The van der Waals surface area contributed by atoms with Gasteiger partial charge in [0, 0.05) is 9.75 Å². The molecule has 0 spiro atoms. The van der Waals surface area contributed by atoms with Crippen LogP contribution in [0.1, 0.15) is 34.4 Å². The van der Waals surface area contributed by atoms with Gasteiger partial charge in [-0.2, -0.15) is 0 Å². The number of thiophene rings is 1. The molecule has 1 aromatic heterocycles.